The molecule has 1 aliphatic rings. The first-order valence-electron chi connectivity index (χ1n) is 6.21. The number of hydrogen-bond acceptors (Lipinski definition) is 4. The van der Waals surface area contributed by atoms with E-state index in [4.69, 9.17) is 5.73 Å². The Morgan fingerprint density at radius 1 is 1.11 bits per heavy atom. The lowest BCUT2D eigenvalue weighted by Gasteiger charge is -2.23. The van der Waals surface area contributed by atoms with E-state index >= 15 is 0 Å². The van der Waals surface area contributed by atoms with Crippen molar-refractivity contribution in [2.45, 2.75) is 13.1 Å². The number of hydrogen-bond donors (Lipinski definition) is 2. The molecular weight excluding hydrogens is 271 g/mol. The fraction of sp³-hybridized carbons (Fsp3) is 0.143. The summed E-state index contributed by atoms with van der Waals surface area (Å²) in [5, 5.41) is 3.39. The van der Waals surface area contributed by atoms with Gasteiger partial charge in [-0.1, -0.05) is 12.1 Å². The van der Waals surface area contributed by atoms with Crippen molar-refractivity contribution in [2.24, 2.45) is 5.73 Å². The molecule has 1 aliphatic heterocycles. The third-order valence-electron chi connectivity index (χ3n) is 3.11. The van der Waals surface area contributed by atoms with Crippen LogP contribution in [0.5, 0.6) is 0 Å². The SMILES string of the molecule is Bc1ccc(C2=CC=C(c3ccc(C)s3)C(N)N2)s1. The van der Waals surface area contributed by atoms with Crippen LogP contribution >= 0.6 is 22.7 Å². The van der Waals surface area contributed by atoms with Crippen LogP contribution in [0, 0.1) is 6.92 Å². The molecule has 5 heteroatoms. The Kier molecular flexibility index (Phi) is 3.35. The number of thiophene rings is 2. The van der Waals surface area contributed by atoms with Crippen LogP contribution in [0.1, 0.15) is 14.6 Å². The minimum atomic E-state index is -0.138. The van der Waals surface area contributed by atoms with E-state index in [0.29, 0.717) is 0 Å². The molecule has 3 heterocycles. The molecule has 0 fully saturated rings. The minimum absolute atomic E-state index is 0.138. The molecule has 96 valence electrons. The first-order valence-corrected chi connectivity index (χ1v) is 7.84. The fourth-order valence-electron chi connectivity index (χ4n) is 2.13. The molecule has 0 aliphatic carbocycles. The zero-order valence-electron chi connectivity index (χ0n) is 10.9. The Hall–Kier alpha value is -1.30. The summed E-state index contributed by atoms with van der Waals surface area (Å²) in [4.78, 5) is 3.80. The predicted molar refractivity (Wildman–Crippen MR) is 88.6 cm³/mol. The molecular formula is C14H15BN2S2. The predicted octanol–water partition coefficient (Wildman–Crippen LogP) is 1.69. The molecule has 1 unspecified atom stereocenters. The highest BCUT2D eigenvalue weighted by atomic mass is 32.1. The van der Waals surface area contributed by atoms with Crippen molar-refractivity contribution >= 4 is 46.6 Å². The van der Waals surface area contributed by atoms with Crippen LogP contribution in [0.15, 0.2) is 36.4 Å². The van der Waals surface area contributed by atoms with Gasteiger partial charge in [0.05, 0.1) is 5.70 Å². The molecule has 2 aromatic rings. The lowest BCUT2D eigenvalue weighted by molar-refractivity contribution is 0.764. The summed E-state index contributed by atoms with van der Waals surface area (Å²) < 4.78 is 1.31. The smallest absolute Gasteiger partial charge is 0.152 e. The van der Waals surface area contributed by atoms with Crippen molar-refractivity contribution in [3.8, 4) is 0 Å². The lowest BCUT2D eigenvalue weighted by atomic mass is 10.1. The Balaban J connectivity index is 1.93. The highest BCUT2D eigenvalue weighted by molar-refractivity contribution is 7.20. The standard InChI is InChI=1S/C14H15BN2S2/c1-8-2-5-11(18-8)9-3-4-10(17-14(9)16)12-6-7-13(15)19-12/h2-7,14,17H,15-16H2,1H3. The van der Waals surface area contributed by atoms with Gasteiger partial charge in [0.25, 0.3) is 0 Å². The van der Waals surface area contributed by atoms with E-state index in [2.05, 4.69) is 56.5 Å². The van der Waals surface area contributed by atoms with E-state index in [1.165, 1.54) is 19.4 Å². The van der Waals surface area contributed by atoms with Gasteiger partial charge in [0, 0.05) is 20.2 Å². The number of allylic oxidation sites excluding steroid dienone is 2. The summed E-state index contributed by atoms with van der Waals surface area (Å²) in [6.45, 7) is 2.12. The van der Waals surface area contributed by atoms with Crippen LogP contribution in [0.25, 0.3) is 11.3 Å². The van der Waals surface area contributed by atoms with E-state index < -0.39 is 0 Å². The van der Waals surface area contributed by atoms with Gasteiger partial charge in [-0.3, -0.25) is 0 Å². The molecule has 0 amide bonds. The minimum Gasteiger partial charge on any atom is -0.365 e. The molecule has 0 saturated carbocycles. The van der Waals surface area contributed by atoms with Crippen molar-refractivity contribution in [2.75, 3.05) is 0 Å². The lowest BCUT2D eigenvalue weighted by Crippen LogP contribution is -2.38. The molecule has 0 spiro atoms. The van der Waals surface area contributed by atoms with Gasteiger partial charge in [0.15, 0.2) is 7.85 Å². The number of nitrogens with one attached hydrogen (secondary N) is 1. The van der Waals surface area contributed by atoms with Gasteiger partial charge in [-0.25, -0.2) is 0 Å². The van der Waals surface area contributed by atoms with Crippen LogP contribution in [0.2, 0.25) is 0 Å². The van der Waals surface area contributed by atoms with Crippen LogP contribution in [0.3, 0.4) is 0 Å². The highest BCUT2D eigenvalue weighted by Gasteiger charge is 2.18. The Bertz CT molecular complexity index is 667. The van der Waals surface area contributed by atoms with Crippen molar-refractivity contribution in [3.05, 3.63) is 51.0 Å². The molecule has 0 bridgehead atoms. The van der Waals surface area contributed by atoms with Gasteiger partial charge in [-0.2, -0.15) is 0 Å². The molecule has 3 rings (SSSR count). The number of aryl methyl sites for hydroxylation is 1. The molecule has 19 heavy (non-hydrogen) atoms. The van der Waals surface area contributed by atoms with E-state index in [0.717, 1.165) is 11.3 Å². The first kappa shape index (κ1) is 12.7. The highest BCUT2D eigenvalue weighted by Crippen LogP contribution is 2.29. The molecule has 0 saturated heterocycles. The van der Waals surface area contributed by atoms with Gasteiger partial charge in [-0.15, -0.1) is 22.7 Å². The first-order chi connectivity index (χ1) is 9.13. The molecule has 0 aromatic carbocycles. The van der Waals surface area contributed by atoms with Crippen molar-refractivity contribution in [3.63, 3.8) is 0 Å². The maximum Gasteiger partial charge on any atom is 0.152 e. The third-order valence-corrected chi connectivity index (χ3v) is 5.19. The van der Waals surface area contributed by atoms with Crippen molar-refractivity contribution in [1.29, 1.82) is 0 Å². The van der Waals surface area contributed by atoms with Crippen LogP contribution < -0.4 is 15.8 Å². The van der Waals surface area contributed by atoms with E-state index in [1.807, 2.05) is 0 Å². The summed E-state index contributed by atoms with van der Waals surface area (Å²) in [5.41, 5.74) is 8.52. The molecule has 1 atom stereocenters. The molecule has 3 N–H and O–H groups in total. The summed E-state index contributed by atoms with van der Waals surface area (Å²) >= 11 is 3.57. The quantitative estimate of drug-likeness (QED) is 0.825. The number of dihydropyridines is 1. The molecule has 2 aromatic heterocycles. The summed E-state index contributed by atoms with van der Waals surface area (Å²) in [6, 6.07) is 8.55. The second kappa shape index (κ2) is 5.00. The Labute approximate surface area is 122 Å². The van der Waals surface area contributed by atoms with Crippen LogP contribution in [0.4, 0.5) is 0 Å². The van der Waals surface area contributed by atoms with Gasteiger partial charge < -0.3 is 11.1 Å². The van der Waals surface area contributed by atoms with E-state index in [9.17, 15) is 0 Å². The molecule has 2 nitrogen and oxygen atoms in total. The summed E-state index contributed by atoms with van der Waals surface area (Å²) in [7, 11) is 2.12. The Morgan fingerprint density at radius 3 is 2.47 bits per heavy atom. The monoisotopic (exact) mass is 286 g/mol. The summed E-state index contributed by atoms with van der Waals surface area (Å²) in [6.07, 6.45) is 4.12. The second-order valence-electron chi connectivity index (χ2n) is 4.64. The van der Waals surface area contributed by atoms with E-state index in [-0.39, 0.29) is 6.17 Å². The van der Waals surface area contributed by atoms with Gasteiger partial charge in [0.2, 0.25) is 0 Å². The third kappa shape index (κ3) is 2.54. The maximum absolute atomic E-state index is 6.25. The van der Waals surface area contributed by atoms with Gasteiger partial charge in [-0.05, 0) is 36.0 Å². The average molecular weight is 286 g/mol. The van der Waals surface area contributed by atoms with Gasteiger partial charge in [0.1, 0.15) is 6.17 Å². The fourth-order valence-corrected chi connectivity index (χ4v) is 3.92. The largest absolute Gasteiger partial charge is 0.365 e. The normalized spacial score (nSPS) is 18.7. The average Bonchev–Trinajstić information content (AvgIpc) is 2.98. The van der Waals surface area contributed by atoms with Gasteiger partial charge >= 0.3 is 0 Å². The van der Waals surface area contributed by atoms with Crippen molar-refractivity contribution < 1.29 is 0 Å². The second-order valence-corrected chi connectivity index (χ2v) is 7.22. The summed E-state index contributed by atoms with van der Waals surface area (Å²) in [5.74, 6) is 0. The maximum atomic E-state index is 6.25. The zero-order chi connectivity index (χ0) is 13.4. The molecule has 0 radical (unpaired) electrons. The van der Waals surface area contributed by atoms with Crippen molar-refractivity contribution in [1.82, 2.24) is 5.32 Å². The Morgan fingerprint density at radius 2 is 1.89 bits per heavy atom. The number of rotatable bonds is 2. The van der Waals surface area contributed by atoms with Crippen LogP contribution in [-0.2, 0) is 0 Å². The topological polar surface area (TPSA) is 38.0 Å². The van der Waals surface area contributed by atoms with Crippen LogP contribution in [-0.4, -0.2) is 14.0 Å². The van der Waals surface area contributed by atoms with E-state index in [1.54, 1.807) is 22.7 Å². The zero-order valence-corrected chi connectivity index (χ0v) is 12.6. The number of nitrogens with two attached hydrogens (primary N) is 1.